The lowest BCUT2D eigenvalue weighted by molar-refractivity contribution is -0.161. The highest BCUT2D eigenvalue weighted by atomic mass is 31.2. The Morgan fingerprint density at radius 3 is 1.69 bits per heavy atom. The molecule has 2 atom stereocenters. The van der Waals surface area contributed by atoms with Crippen LogP contribution in [0.3, 0.4) is 0 Å². The zero-order chi connectivity index (χ0) is 37.5. The van der Waals surface area contributed by atoms with Crippen molar-refractivity contribution < 1.29 is 37.6 Å². The van der Waals surface area contributed by atoms with Crippen molar-refractivity contribution >= 4 is 19.8 Å². The van der Waals surface area contributed by atoms with Crippen molar-refractivity contribution in [1.29, 1.82) is 0 Å². The number of nitrogens with two attached hydrogens (primary N) is 1. The SMILES string of the molecule is CC/C=C/C/C=C/C/C=C/C/C=C/C/C=C/C/C=C/CCC(=O)OC[C@@H](COP(=O)(O)OCCN)OC(=O)CCCCCCC/C=C/CCCC. The molecule has 0 aromatic carbocycles. The highest BCUT2D eigenvalue weighted by Crippen LogP contribution is 2.43. The van der Waals surface area contributed by atoms with E-state index >= 15 is 0 Å². The van der Waals surface area contributed by atoms with Crippen molar-refractivity contribution in [3.05, 3.63) is 85.1 Å². The lowest BCUT2D eigenvalue weighted by Gasteiger charge is -2.19. The summed E-state index contributed by atoms with van der Waals surface area (Å²) in [5.41, 5.74) is 5.32. The Morgan fingerprint density at radius 1 is 0.608 bits per heavy atom. The minimum Gasteiger partial charge on any atom is -0.462 e. The van der Waals surface area contributed by atoms with Gasteiger partial charge in [-0.05, 0) is 70.6 Å². The normalized spacial score (nSPS) is 14.4. The summed E-state index contributed by atoms with van der Waals surface area (Å²) in [6.45, 7) is 3.44. The molecule has 0 fully saturated rings. The first-order valence-corrected chi connectivity index (χ1v) is 20.6. The molecule has 0 radical (unpaired) electrons. The average molecular weight is 734 g/mol. The zero-order valence-electron chi connectivity index (χ0n) is 31.5. The molecule has 0 spiro atoms. The lowest BCUT2D eigenvalue weighted by atomic mass is 10.1. The van der Waals surface area contributed by atoms with Crippen LogP contribution in [0.25, 0.3) is 0 Å². The van der Waals surface area contributed by atoms with E-state index in [0.29, 0.717) is 12.8 Å². The number of carbonyl (C=O) groups is 2. The summed E-state index contributed by atoms with van der Waals surface area (Å²) in [7, 11) is -4.39. The fraction of sp³-hybridized carbons (Fsp3) is 0.610. The summed E-state index contributed by atoms with van der Waals surface area (Å²) >= 11 is 0. The first kappa shape index (κ1) is 48.2. The molecule has 0 aliphatic carbocycles. The largest absolute Gasteiger partial charge is 0.472 e. The number of rotatable bonds is 34. The maximum atomic E-state index is 12.5. The maximum Gasteiger partial charge on any atom is 0.472 e. The first-order chi connectivity index (χ1) is 24.8. The smallest absolute Gasteiger partial charge is 0.462 e. The number of phosphoric ester groups is 1. The molecule has 0 saturated carbocycles. The van der Waals surface area contributed by atoms with E-state index in [2.05, 4.69) is 86.8 Å². The van der Waals surface area contributed by atoms with Crippen LogP contribution in [0, 0.1) is 0 Å². The summed E-state index contributed by atoms with van der Waals surface area (Å²) in [5, 5.41) is 0. The van der Waals surface area contributed by atoms with Gasteiger partial charge in [0, 0.05) is 19.4 Å². The molecular formula is C41H68NO8P. The molecular weight excluding hydrogens is 665 g/mol. The van der Waals surface area contributed by atoms with Crippen molar-refractivity contribution in [1.82, 2.24) is 0 Å². The van der Waals surface area contributed by atoms with Crippen molar-refractivity contribution in [2.75, 3.05) is 26.4 Å². The Balaban J connectivity index is 4.36. The second kappa shape index (κ2) is 37.0. The topological polar surface area (TPSA) is 134 Å². The van der Waals surface area contributed by atoms with E-state index in [-0.39, 0.29) is 32.6 Å². The second-order valence-electron chi connectivity index (χ2n) is 12.1. The summed E-state index contributed by atoms with van der Waals surface area (Å²) < 4.78 is 32.5. The molecule has 10 heteroatoms. The summed E-state index contributed by atoms with van der Waals surface area (Å²) in [4.78, 5) is 34.6. The number of esters is 2. The van der Waals surface area contributed by atoms with Crippen molar-refractivity contribution in [3.63, 3.8) is 0 Å². The Morgan fingerprint density at radius 2 is 1.12 bits per heavy atom. The van der Waals surface area contributed by atoms with Crippen LogP contribution >= 0.6 is 7.82 Å². The number of hydrogen-bond donors (Lipinski definition) is 2. The van der Waals surface area contributed by atoms with Gasteiger partial charge >= 0.3 is 19.8 Å². The lowest BCUT2D eigenvalue weighted by Crippen LogP contribution is -2.29. The third kappa shape index (κ3) is 36.8. The predicted octanol–water partition coefficient (Wildman–Crippen LogP) is 10.5. The van der Waals surface area contributed by atoms with E-state index < -0.39 is 32.5 Å². The van der Waals surface area contributed by atoms with Gasteiger partial charge in [0.05, 0.1) is 13.2 Å². The van der Waals surface area contributed by atoms with Crippen LogP contribution < -0.4 is 5.73 Å². The van der Waals surface area contributed by atoms with Gasteiger partial charge in [-0.25, -0.2) is 4.57 Å². The minimum absolute atomic E-state index is 0.0381. The third-order valence-corrected chi connectivity index (χ3v) is 8.26. The fourth-order valence-electron chi connectivity index (χ4n) is 4.46. The second-order valence-corrected chi connectivity index (χ2v) is 13.5. The van der Waals surface area contributed by atoms with Gasteiger partial charge in [-0.2, -0.15) is 0 Å². The van der Waals surface area contributed by atoms with E-state index in [1.165, 1.54) is 12.8 Å². The monoisotopic (exact) mass is 733 g/mol. The van der Waals surface area contributed by atoms with E-state index in [4.69, 9.17) is 24.3 Å². The van der Waals surface area contributed by atoms with Crippen molar-refractivity contribution in [3.8, 4) is 0 Å². The molecule has 0 bridgehead atoms. The van der Waals surface area contributed by atoms with Crippen LogP contribution in [0.15, 0.2) is 85.1 Å². The number of phosphoric acid groups is 1. The molecule has 0 rings (SSSR count). The molecule has 1 unspecified atom stereocenters. The van der Waals surface area contributed by atoms with Crippen LogP contribution in [-0.2, 0) is 32.7 Å². The molecule has 0 saturated heterocycles. The van der Waals surface area contributed by atoms with Crippen LogP contribution in [0.5, 0.6) is 0 Å². The maximum absolute atomic E-state index is 12.5. The van der Waals surface area contributed by atoms with Crippen LogP contribution in [0.1, 0.15) is 129 Å². The summed E-state index contributed by atoms with van der Waals surface area (Å²) in [6.07, 6.45) is 44.9. The van der Waals surface area contributed by atoms with Gasteiger partial charge in [0.25, 0.3) is 0 Å². The molecule has 0 aromatic heterocycles. The minimum atomic E-state index is -4.39. The third-order valence-electron chi connectivity index (χ3n) is 7.28. The van der Waals surface area contributed by atoms with Gasteiger partial charge in [-0.1, -0.05) is 131 Å². The van der Waals surface area contributed by atoms with E-state index in [9.17, 15) is 19.0 Å². The van der Waals surface area contributed by atoms with Crippen LogP contribution in [-0.4, -0.2) is 49.3 Å². The molecule has 0 amide bonds. The van der Waals surface area contributed by atoms with Crippen molar-refractivity contribution in [2.24, 2.45) is 5.73 Å². The number of ether oxygens (including phenoxy) is 2. The number of carbonyl (C=O) groups excluding carboxylic acids is 2. The number of unbranched alkanes of at least 4 members (excludes halogenated alkanes) is 7. The zero-order valence-corrected chi connectivity index (χ0v) is 32.4. The predicted molar refractivity (Wildman–Crippen MR) is 210 cm³/mol. The van der Waals surface area contributed by atoms with Gasteiger partial charge in [0.1, 0.15) is 6.61 Å². The standard InChI is InChI=1S/C41H68NO8P/c1-3-5-7-9-11-13-15-16-17-18-19-20-21-22-24-25-27-29-31-33-40(43)47-37-39(38-49-51(45,46)48-36-35-42)50-41(44)34-32-30-28-26-23-14-12-10-8-6-4-2/h5,7,10-13,16-17,19-20,22,24,27,29,39H,3-4,6,8-9,14-15,18,21,23,25-26,28,30-38,42H2,1-2H3,(H,45,46)/b7-5+,12-10+,13-11+,17-16+,20-19+,24-22+,29-27+/t39-/m0/s1. The molecule has 9 nitrogen and oxygen atoms in total. The molecule has 3 N–H and O–H groups in total. The van der Waals surface area contributed by atoms with Gasteiger partial charge in [0.2, 0.25) is 0 Å². The van der Waals surface area contributed by atoms with E-state index in [0.717, 1.165) is 77.0 Å². The van der Waals surface area contributed by atoms with Gasteiger partial charge in [-0.15, -0.1) is 0 Å². The van der Waals surface area contributed by atoms with Crippen LogP contribution in [0.2, 0.25) is 0 Å². The molecule has 0 heterocycles. The van der Waals surface area contributed by atoms with Crippen LogP contribution in [0.4, 0.5) is 0 Å². The summed E-state index contributed by atoms with van der Waals surface area (Å²) in [6, 6.07) is 0. The molecule has 0 aromatic rings. The fourth-order valence-corrected chi connectivity index (χ4v) is 5.23. The Kier molecular flexibility index (Phi) is 34.9. The summed E-state index contributed by atoms with van der Waals surface area (Å²) in [5.74, 6) is -0.950. The number of allylic oxidation sites excluding steroid dienone is 14. The number of hydrogen-bond acceptors (Lipinski definition) is 8. The van der Waals surface area contributed by atoms with Gasteiger partial charge < -0.3 is 20.1 Å². The first-order valence-electron chi connectivity index (χ1n) is 19.1. The van der Waals surface area contributed by atoms with Gasteiger partial charge in [0.15, 0.2) is 6.10 Å². The highest BCUT2D eigenvalue weighted by molar-refractivity contribution is 7.47. The molecule has 0 aliphatic heterocycles. The highest BCUT2D eigenvalue weighted by Gasteiger charge is 2.25. The quantitative estimate of drug-likeness (QED) is 0.0287. The molecule has 0 aliphatic rings. The van der Waals surface area contributed by atoms with E-state index in [1.807, 2.05) is 12.2 Å². The van der Waals surface area contributed by atoms with Gasteiger partial charge in [-0.3, -0.25) is 18.6 Å². The van der Waals surface area contributed by atoms with Crippen molar-refractivity contribution in [2.45, 2.75) is 136 Å². The average Bonchev–Trinajstić information content (AvgIpc) is 3.11. The Labute approximate surface area is 309 Å². The Bertz CT molecular complexity index is 1110. The van der Waals surface area contributed by atoms with E-state index in [1.54, 1.807) is 0 Å². The molecule has 51 heavy (non-hydrogen) atoms. The Hall–Kier alpha value is -2.81. The molecule has 290 valence electrons.